The molecule has 5 heteroatoms. The Kier molecular flexibility index (Phi) is 2.34. The van der Waals surface area contributed by atoms with Crippen molar-refractivity contribution in [2.75, 3.05) is 22.3 Å². The highest BCUT2D eigenvalue weighted by Crippen LogP contribution is 2.31. The van der Waals surface area contributed by atoms with Gasteiger partial charge in [0.2, 0.25) is 10.0 Å². The Balaban J connectivity index is 2.49. The van der Waals surface area contributed by atoms with Gasteiger partial charge in [-0.05, 0) is 31.0 Å². The zero-order valence-corrected chi connectivity index (χ0v) is 9.42. The second-order valence-corrected chi connectivity index (χ2v) is 5.79. The van der Waals surface area contributed by atoms with E-state index in [1.807, 2.05) is 6.07 Å². The van der Waals surface area contributed by atoms with Crippen LogP contribution in [0.25, 0.3) is 0 Å². The summed E-state index contributed by atoms with van der Waals surface area (Å²) in [4.78, 5) is 0. The fourth-order valence-corrected chi connectivity index (χ4v) is 2.96. The number of nitrogens with two attached hydrogens (primary N) is 1. The van der Waals surface area contributed by atoms with Crippen molar-refractivity contribution in [2.45, 2.75) is 13.3 Å². The van der Waals surface area contributed by atoms with Gasteiger partial charge in [-0.1, -0.05) is 6.07 Å². The fourth-order valence-electron chi connectivity index (χ4n) is 1.81. The summed E-state index contributed by atoms with van der Waals surface area (Å²) < 4.78 is 25.0. The molecule has 1 aliphatic heterocycles. The maximum absolute atomic E-state index is 11.8. The van der Waals surface area contributed by atoms with Gasteiger partial charge >= 0.3 is 0 Å². The molecular formula is C10H14N2O2S. The lowest BCUT2D eigenvalue weighted by Crippen LogP contribution is -2.30. The molecule has 1 heterocycles. The summed E-state index contributed by atoms with van der Waals surface area (Å²) in [6, 6.07) is 5.44. The molecule has 0 fully saturated rings. The first-order chi connectivity index (χ1) is 7.04. The molecule has 1 aromatic rings. The van der Waals surface area contributed by atoms with E-state index in [4.69, 9.17) is 5.73 Å². The monoisotopic (exact) mass is 226 g/mol. The first-order valence-corrected chi connectivity index (χ1v) is 6.54. The van der Waals surface area contributed by atoms with Crippen molar-refractivity contribution in [2.24, 2.45) is 0 Å². The van der Waals surface area contributed by atoms with E-state index in [0.717, 1.165) is 17.7 Å². The zero-order valence-electron chi connectivity index (χ0n) is 8.60. The predicted molar refractivity (Wildman–Crippen MR) is 61.4 cm³/mol. The third-order valence-corrected chi connectivity index (χ3v) is 4.44. The maximum Gasteiger partial charge on any atom is 0.234 e. The smallest absolute Gasteiger partial charge is 0.234 e. The summed E-state index contributed by atoms with van der Waals surface area (Å²) in [7, 11) is -3.15. The average molecular weight is 226 g/mol. The molecule has 0 atom stereocenters. The summed E-state index contributed by atoms with van der Waals surface area (Å²) in [5.74, 6) is 0.126. The van der Waals surface area contributed by atoms with Crippen LogP contribution in [0.15, 0.2) is 18.2 Å². The van der Waals surface area contributed by atoms with Crippen LogP contribution in [0.2, 0.25) is 0 Å². The number of hydrogen-bond acceptors (Lipinski definition) is 3. The third kappa shape index (κ3) is 1.67. The number of rotatable bonds is 2. The second kappa shape index (κ2) is 3.41. The molecule has 0 saturated carbocycles. The lowest BCUT2D eigenvalue weighted by Gasteiger charge is -2.18. The van der Waals surface area contributed by atoms with Crippen LogP contribution < -0.4 is 10.0 Å². The fraction of sp³-hybridized carbons (Fsp3) is 0.400. The van der Waals surface area contributed by atoms with Gasteiger partial charge < -0.3 is 5.73 Å². The van der Waals surface area contributed by atoms with Crippen LogP contribution in [-0.4, -0.2) is 20.7 Å². The molecule has 0 saturated heterocycles. The van der Waals surface area contributed by atoms with E-state index in [1.54, 1.807) is 19.1 Å². The highest BCUT2D eigenvalue weighted by atomic mass is 32.2. The largest absolute Gasteiger partial charge is 0.399 e. The summed E-state index contributed by atoms with van der Waals surface area (Å²) in [5.41, 5.74) is 8.06. The van der Waals surface area contributed by atoms with Gasteiger partial charge in [0.05, 0.1) is 11.4 Å². The van der Waals surface area contributed by atoms with Crippen molar-refractivity contribution in [3.05, 3.63) is 23.8 Å². The number of sulfonamides is 1. The second-order valence-electron chi connectivity index (χ2n) is 3.61. The minimum Gasteiger partial charge on any atom is -0.399 e. The molecule has 2 rings (SSSR count). The Bertz CT molecular complexity index is 482. The first-order valence-electron chi connectivity index (χ1n) is 4.93. The molecule has 0 bridgehead atoms. The van der Waals surface area contributed by atoms with Gasteiger partial charge in [-0.3, -0.25) is 4.31 Å². The van der Waals surface area contributed by atoms with Gasteiger partial charge in [0, 0.05) is 12.2 Å². The molecule has 0 aromatic heterocycles. The molecule has 0 aliphatic carbocycles. The standard InChI is InChI=1S/C10H14N2O2S/c1-2-15(13,14)12-6-5-8-3-4-9(11)7-10(8)12/h3-4,7H,2,5-6,11H2,1H3. The topological polar surface area (TPSA) is 63.4 Å². The van der Waals surface area contributed by atoms with Crippen molar-refractivity contribution in [3.63, 3.8) is 0 Å². The summed E-state index contributed by atoms with van der Waals surface area (Å²) >= 11 is 0. The highest BCUT2D eigenvalue weighted by Gasteiger charge is 2.27. The Morgan fingerprint density at radius 3 is 2.87 bits per heavy atom. The molecular weight excluding hydrogens is 212 g/mol. The van der Waals surface area contributed by atoms with E-state index >= 15 is 0 Å². The van der Waals surface area contributed by atoms with Gasteiger partial charge in [-0.25, -0.2) is 8.42 Å². The maximum atomic E-state index is 11.8. The van der Waals surface area contributed by atoms with Crippen LogP contribution >= 0.6 is 0 Å². The molecule has 0 unspecified atom stereocenters. The predicted octanol–water partition coefficient (Wildman–Crippen LogP) is 0.981. The highest BCUT2D eigenvalue weighted by molar-refractivity contribution is 7.92. The van der Waals surface area contributed by atoms with Crippen LogP contribution in [0.5, 0.6) is 0 Å². The van der Waals surface area contributed by atoms with E-state index in [1.165, 1.54) is 4.31 Å². The Labute approximate surface area is 89.7 Å². The van der Waals surface area contributed by atoms with E-state index < -0.39 is 10.0 Å². The van der Waals surface area contributed by atoms with Crippen LogP contribution in [0.4, 0.5) is 11.4 Å². The number of fused-ring (bicyclic) bond motifs is 1. The molecule has 1 aromatic carbocycles. The number of anilines is 2. The van der Waals surface area contributed by atoms with Crippen LogP contribution in [0, 0.1) is 0 Å². The van der Waals surface area contributed by atoms with Crippen LogP contribution in [0.3, 0.4) is 0 Å². The average Bonchev–Trinajstić information content (AvgIpc) is 2.61. The molecule has 0 amide bonds. The molecule has 4 nitrogen and oxygen atoms in total. The van der Waals surface area contributed by atoms with Crippen LogP contribution in [-0.2, 0) is 16.4 Å². The number of nitrogens with zero attached hydrogens (tertiary/aromatic N) is 1. The van der Waals surface area contributed by atoms with Gasteiger partial charge in [0.15, 0.2) is 0 Å². The number of nitrogen functional groups attached to an aromatic ring is 1. The van der Waals surface area contributed by atoms with Crippen molar-refractivity contribution in [1.82, 2.24) is 0 Å². The first kappa shape index (κ1) is 10.3. The lowest BCUT2D eigenvalue weighted by atomic mass is 10.1. The van der Waals surface area contributed by atoms with Crippen molar-refractivity contribution in [3.8, 4) is 0 Å². The van der Waals surface area contributed by atoms with Crippen molar-refractivity contribution >= 4 is 21.4 Å². The van der Waals surface area contributed by atoms with Gasteiger partial charge in [0.1, 0.15) is 0 Å². The Morgan fingerprint density at radius 1 is 1.47 bits per heavy atom. The van der Waals surface area contributed by atoms with Gasteiger partial charge in [-0.15, -0.1) is 0 Å². The minimum absolute atomic E-state index is 0.126. The minimum atomic E-state index is -3.15. The molecule has 15 heavy (non-hydrogen) atoms. The van der Waals surface area contributed by atoms with E-state index in [0.29, 0.717) is 12.2 Å². The summed E-state index contributed by atoms with van der Waals surface area (Å²) in [5, 5.41) is 0. The van der Waals surface area contributed by atoms with E-state index in [-0.39, 0.29) is 5.75 Å². The van der Waals surface area contributed by atoms with Crippen molar-refractivity contribution < 1.29 is 8.42 Å². The summed E-state index contributed by atoms with van der Waals surface area (Å²) in [6.45, 7) is 2.19. The molecule has 0 radical (unpaired) electrons. The van der Waals surface area contributed by atoms with Crippen molar-refractivity contribution in [1.29, 1.82) is 0 Å². The quantitative estimate of drug-likeness (QED) is 0.765. The Morgan fingerprint density at radius 2 is 2.20 bits per heavy atom. The SMILES string of the molecule is CCS(=O)(=O)N1CCc2ccc(N)cc21. The number of hydrogen-bond donors (Lipinski definition) is 1. The summed E-state index contributed by atoms with van der Waals surface area (Å²) in [6.07, 6.45) is 0.773. The van der Waals surface area contributed by atoms with E-state index in [2.05, 4.69) is 0 Å². The van der Waals surface area contributed by atoms with Crippen LogP contribution in [0.1, 0.15) is 12.5 Å². The molecule has 82 valence electrons. The normalized spacial score (nSPS) is 15.4. The number of benzene rings is 1. The molecule has 1 aliphatic rings. The van der Waals surface area contributed by atoms with E-state index in [9.17, 15) is 8.42 Å². The van der Waals surface area contributed by atoms with Gasteiger partial charge in [0.25, 0.3) is 0 Å². The third-order valence-electron chi connectivity index (χ3n) is 2.66. The molecule has 0 spiro atoms. The zero-order chi connectivity index (χ0) is 11.1. The van der Waals surface area contributed by atoms with Gasteiger partial charge in [-0.2, -0.15) is 0 Å². The lowest BCUT2D eigenvalue weighted by molar-refractivity contribution is 0.593. The molecule has 2 N–H and O–H groups in total. The Hall–Kier alpha value is -1.23.